The molecule has 72 valence electrons. The number of aromatic nitrogens is 2. The summed E-state index contributed by atoms with van der Waals surface area (Å²) in [4.78, 5) is 21.9. The van der Waals surface area contributed by atoms with Gasteiger partial charge in [0.1, 0.15) is 0 Å². The van der Waals surface area contributed by atoms with Gasteiger partial charge in [-0.25, -0.2) is 0 Å². The van der Waals surface area contributed by atoms with Crippen LogP contribution in [-0.2, 0) is 23.0 Å². The van der Waals surface area contributed by atoms with E-state index in [9.17, 15) is 9.59 Å². The topological polar surface area (TPSA) is 64.1 Å². The van der Waals surface area contributed by atoms with Gasteiger partial charge in [-0.2, -0.15) is 0 Å². The van der Waals surface area contributed by atoms with Crippen LogP contribution in [0.1, 0.15) is 12.0 Å². The number of H-pyrrole nitrogens is 1. The molecule has 1 aromatic heterocycles. The molecular weight excluding hydrogens is 172 g/mol. The number of carbonyl (C=O) groups is 1. The van der Waals surface area contributed by atoms with Crippen molar-refractivity contribution in [1.82, 2.24) is 9.78 Å². The predicted molar refractivity (Wildman–Crippen MR) is 46.4 cm³/mol. The summed E-state index contributed by atoms with van der Waals surface area (Å²) in [6, 6.07) is 0. The van der Waals surface area contributed by atoms with Crippen LogP contribution in [0.15, 0.2) is 11.0 Å². The van der Waals surface area contributed by atoms with Crippen molar-refractivity contribution in [3.63, 3.8) is 0 Å². The molecule has 13 heavy (non-hydrogen) atoms. The first kappa shape index (κ1) is 9.57. The molecule has 5 heteroatoms. The van der Waals surface area contributed by atoms with Gasteiger partial charge in [0.2, 0.25) is 0 Å². The maximum Gasteiger partial charge on any atom is 0.305 e. The van der Waals surface area contributed by atoms with Crippen LogP contribution in [0.2, 0.25) is 0 Å². The maximum atomic E-state index is 11.1. The Bertz CT molecular complexity index is 351. The molecule has 0 saturated heterocycles. The van der Waals surface area contributed by atoms with Gasteiger partial charge in [0.25, 0.3) is 5.56 Å². The first-order valence-corrected chi connectivity index (χ1v) is 3.95. The van der Waals surface area contributed by atoms with Gasteiger partial charge >= 0.3 is 5.97 Å². The smallest absolute Gasteiger partial charge is 0.305 e. The standard InChI is InChI=1S/C8H12N2O3/c1-10-5-6(8(12)9-10)3-4-7(11)13-2/h5H,3-4H2,1-2H3,(H,9,12). The highest BCUT2D eigenvalue weighted by Crippen LogP contribution is 1.96. The molecule has 1 heterocycles. The minimum atomic E-state index is -0.303. The van der Waals surface area contributed by atoms with Crippen molar-refractivity contribution < 1.29 is 9.53 Å². The zero-order valence-electron chi connectivity index (χ0n) is 7.66. The van der Waals surface area contributed by atoms with Crippen LogP contribution in [-0.4, -0.2) is 22.9 Å². The molecule has 0 aliphatic rings. The van der Waals surface area contributed by atoms with Crippen molar-refractivity contribution in [2.24, 2.45) is 7.05 Å². The minimum Gasteiger partial charge on any atom is -0.469 e. The molecule has 0 aliphatic heterocycles. The van der Waals surface area contributed by atoms with Crippen LogP contribution >= 0.6 is 0 Å². The van der Waals surface area contributed by atoms with E-state index < -0.39 is 0 Å². The number of esters is 1. The molecule has 0 bridgehead atoms. The third-order valence-electron chi connectivity index (χ3n) is 1.75. The van der Waals surface area contributed by atoms with Gasteiger partial charge in [0.05, 0.1) is 7.11 Å². The Labute approximate surface area is 75.3 Å². The summed E-state index contributed by atoms with van der Waals surface area (Å²) in [5.74, 6) is -0.303. The van der Waals surface area contributed by atoms with Gasteiger partial charge < -0.3 is 4.74 Å². The molecule has 0 unspecified atom stereocenters. The van der Waals surface area contributed by atoms with E-state index in [4.69, 9.17) is 0 Å². The lowest BCUT2D eigenvalue weighted by Gasteiger charge is -1.95. The molecule has 0 saturated carbocycles. The number of rotatable bonds is 3. The Morgan fingerprint density at radius 2 is 2.38 bits per heavy atom. The minimum absolute atomic E-state index is 0.147. The lowest BCUT2D eigenvalue weighted by atomic mass is 10.2. The van der Waals surface area contributed by atoms with E-state index in [0.29, 0.717) is 12.0 Å². The lowest BCUT2D eigenvalue weighted by molar-refractivity contribution is -0.140. The third kappa shape index (κ3) is 2.47. The average Bonchev–Trinajstić information content (AvgIpc) is 2.41. The van der Waals surface area contributed by atoms with Crippen molar-refractivity contribution >= 4 is 5.97 Å². The van der Waals surface area contributed by atoms with E-state index in [1.165, 1.54) is 7.11 Å². The molecule has 0 aromatic carbocycles. The van der Waals surface area contributed by atoms with E-state index in [2.05, 4.69) is 9.84 Å². The average molecular weight is 184 g/mol. The number of ether oxygens (including phenoxy) is 1. The van der Waals surface area contributed by atoms with Gasteiger partial charge in [-0.05, 0) is 6.42 Å². The highest BCUT2D eigenvalue weighted by Gasteiger charge is 2.05. The Balaban J connectivity index is 2.59. The van der Waals surface area contributed by atoms with Gasteiger partial charge in [0, 0.05) is 25.2 Å². The Morgan fingerprint density at radius 3 is 2.85 bits per heavy atom. The Morgan fingerprint density at radius 1 is 1.69 bits per heavy atom. The molecule has 1 rings (SSSR count). The number of carbonyl (C=O) groups excluding carboxylic acids is 1. The van der Waals surface area contributed by atoms with Crippen LogP contribution in [0.3, 0.4) is 0 Å². The van der Waals surface area contributed by atoms with Crippen molar-refractivity contribution in [2.75, 3.05) is 7.11 Å². The summed E-state index contributed by atoms with van der Waals surface area (Å²) < 4.78 is 6.03. The number of hydrogen-bond donors (Lipinski definition) is 1. The number of nitrogens with one attached hydrogen (secondary N) is 1. The fourth-order valence-corrected chi connectivity index (χ4v) is 1.07. The van der Waals surface area contributed by atoms with Gasteiger partial charge in [-0.1, -0.05) is 0 Å². The quantitative estimate of drug-likeness (QED) is 0.663. The number of nitrogens with zero attached hydrogens (tertiary/aromatic N) is 1. The highest BCUT2D eigenvalue weighted by atomic mass is 16.5. The monoisotopic (exact) mass is 184 g/mol. The Kier molecular flexibility index (Phi) is 2.89. The summed E-state index contributed by atoms with van der Waals surface area (Å²) in [6.45, 7) is 0. The summed E-state index contributed by atoms with van der Waals surface area (Å²) >= 11 is 0. The molecule has 0 spiro atoms. The molecule has 1 N–H and O–H groups in total. The molecule has 0 radical (unpaired) electrons. The molecule has 0 fully saturated rings. The SMILES string of the molecule is COC(=O)CCc1cn(C)[nH]c1=O. The normalized spacial score (nSPS) is 10.0. The van der Waals surface area contributed by atoms with Crippen molar-refractivity contribution in [3.8, 4) is 0 Å². The molecule has 1 aromatic rings. The maximum absolute atomic E-state index is 11.1. The first-order valence-electron chi connectivity index (χ1n) is 3.95. The summed E-state index contributed by atoms with van der Waals surface area (Å²) in [5, 5.41) is 2.56. The number of hydrogen-bond acceptors (Lipinski definition) is 3. The molecule has 0 aliphatic carbocycles. The second kappa shape index (κ2) is 3.93. The van der Waals surface area contributed by atoms with Crippen molar-refractivity contribution in [3.05, 3.63) is 22.1 Å². The zero-order valence-corrected chi connectivity index (χ0v) is 7.66. The second-order valence-corrected chi connectivity index (χ2v) is 2.78. The van der Waals surface area contributed by atoms with Crippen LogP contribution in [0.25, 0.3) is 0 Å². The largest absolute Gasteiger partial charge is 0.469 e. The van der Waals surface area contributed by atoms with Crippen LogP contribution in [0.5, 0.6) is 0 Å². The molecule has 5 nitrogen and oxygen atoms in total. The summed E-state index contributed by atoms with van der Waals surface area (Å²) in [7, 11) is 3.06. The fourth-order valence-electron chi connectivity index (χ4n) is 1.07. The van der Waals surface area contributed by atoms with Crippen molar-refractivity contribution in [1.29, 1.82) is 0 Å². The van der Waals surface area contributed by atoms with Crippen LogP contribution in [0, 0.1) is 0 Å². The highest BCUT2D eigenvalue weighted by molar-refractivity contribution is 5.69. The van der Waals surface area contributed by atoms with Gasteiger partial charge in [0.15, 0.2) is 0 Å². The summed E-state index contributed by atoms with van der Waals surface area (Å²) in [5.41, 5.74) is 0.458. The third-order valence-corrected chi connectivity index (χ3v) is 1.75. The van der Waals surface area contributed by atoms with Gasteiger partial charge in [-0.3, -0.25) is 19.4 Å². The zero-order chi connectivity index (χ0) is 9.84. The van der Waals surface area contributed by atoms with Gasteiger partial charge in [-0.15, -0.1) is 0 Å². The van der Waals surface area contributed by atoms with E-state index in [1.807, 2.05) is 0 Å². The lowest BCUT2D eigenvalue weighted by Crippen LogP contribution is -2.09. The van der Waals surface area contributed by atoms with E-state index >= 15 is 0 Å². The second-order valence-electron chi connectivity index (χ2n) is 2.78. The molecule has 0 amide bonds. The fraction of sp³-hybridized carbons (Fsp3) is 0.500. The van der Waals surface area contributed by atoms with Crippen LogP contribution in [0.4, 0.5) is 0 Å². The van der Waals surface area contributed by atoms with Crippen molar-refractivity contribution in [2.45, 2.75) is 12.8 Å². The number of aryl methyl sites for hydroxylation is 2. The molecule has 0 atom stereocenters. The van der Waals surface area contributed by atoms with E-state index in [0.717, 1.165) is 0 Å². The van der Waals surface area contributed by atoms with E-state index in [1.54, 1.807) is 17.9 Å². The summed E-state index contributed by atoms with van der Waals surface area (Å²) in [6.07, 6.45) is 2.33. The first-order chi connectivity index (χ1) is 6.13. The van der Waals surface area contributed by atoms with Crippen LogP contribution < -0.4 is 5.56 Å². The Hall–Kier alpha value is -1.52. The predicted octanol–water partition coefficient (Wildman–Crippen LogP) is -0.181. The number of methoxy groups -OCH3 is 1. The molecular formula is C8H12N2O3. The van der Waals surface area contributed by atoms with E-state index in [-0.39, 0.29) is 17.9 Å². The number of aromatic amines is 1.